The summed E-state index contributed by atoms with van der Waals surface area (Å²) in [6, 6.07) is 20.8. The monoisotopic (exact) mass is 549 g/mol. The zero-order valence-corrected chi connectivity index (χ0v) is 24.9. The molecule has 0 aromatic heterocycles. The Kier molecular flexibility index (Phi) is 8.50. The molecule has 3 aromatic rings. The van der Waals surface area contributed by atoms with Gasteiger partial charge in [-0.1, -0.05) is 30.3 Å². The predicted molar refractivity (Wildman–Crippen MR) is 161 cm³/mol. The third-order valence-corrected chi connectivity index (χ3v) is 8.61. The minimum Gasteiger partial charge on any atom is -0.494 e. The Morgan fingerprint density at radius 3 is 2.10 bits per heavy atom. The number of hydrogen-bond acceptors (Lipinski definition) is 6. The summed E-state index contributed by atoms with van der Waals surface area (Å²) in [6.45, 7) is 13.5. The van der Waals surface area contributed by atoms with Crippen LogP contribution in [0.4, 0.5) is 5.69 Å². The first kappa shape index (κ1) is 29.2. The topological polar surface area (TPSA) is 73.9 Å². The summed E-state index contributed by atoms with van der Waals surface area (Å²) < 4.78 is 40.8. The SMILES string of the molecule is Cc1cc(OCCCS(C)(=O)=O)cc(C)c1-c1cccc(CNc2ccc(B3OC(C)(C)C(C)(C)O3)cc2)c1. The fourth-order valence-corrected chi connectivity index (χ4v) is 5.39. The quantitative estimate of drug-likeness (QED) is 0.259. The third kappa shape index (κ3) is 7.24. The van der Waals surface area contributed by atoms with Crippen LogP contribution in [-0.4, -0.2) is 45.4 Å². The van der Waals surface area contributed by atoms with Gasteiger partial charge in [-0.05, 0) is 112 Å². The van der Waals surface area contributed by atoms with Gasteiger partial charge in [0.2, 0.25) is 0 Å². The summed E-state index contributed by atoms with van der Waals surface area (Å²) in [5, 5.41) is 3.52. The molecular formula is C31H40BNO5S. The highest BCUT2D eigenvalue weighted by Crippen LogP contribution is 2.36. The lowest BCUT2D eigenvalue weighted by Crippen LogP contribution is -2.41. The van der Waals surface area contributed by atoms with Gasteiger partial charge in [-0.2, -0.15) is 0 Å². The van der Waals surface area contributed by atoms with Crippen LogP contribution in [0.25, 0.3) is 11.1 Å². The molecule has 0 atom stereocenters. The van der Waals surface area contributed by atoms with Crippen LogP contribution in [0.1, 0.15) is 50.8 Å². The van der Waals surface area contributed by atoms with E-state index in [4.69, 9.17) is 14.0 Å². The van der Waals surface area contributed by atoms with Crippen LogP contribution < -0.4 is 15.5 Å². The highest BCUT2D eigenvalue weighted by Gasteiger charge is 2.51. The van der Waals surface area contributed by atoms with Gasteiger partial charge in [0.1, 0.15) is 15.6 Å². The minimum atomic E-state index is -2.97. The van der Waals surface area contributed by atoms with E-state index in [0.717, 1.165) is 33.6 Å². The second-order valence-corrected chi connectivity index (χ2v) is 13.8. The first-order valence-corrected chi connectivity index (χ1v) is 15.5. The van der Waals surface area contributed by atoms with Gasteiger partial charge in [0.15, 0.2) is 0 Å². The standard InChI is InChI=1S/C31H40BNO5S/c1-22-18-28(36-16-9-17-39(7,34)35)19-23(2)29(22)25-11-8-10-24(20-25)21-33-27-14-12-26(13-15-27)32-37-30(3,4)31(5,6)38-32/h8,10-15,18-20,33H,9,16-17,21H2,1-7H3. The van der Waals surface area contributed by atoms with E-state index >= 15 is 0 Å². The summed E-state index contributed by atoms with van der Waals surface area (Å²) in [7, 11) is -3.34. The number of hydrogen-bond donors (Lipinski definition) is 1. The van der Waals surface area contributed by atoms with Crippen molar-refractivity contribution in [2.75, 3.05) is 23.9 Å². The Bertz CT molecular complexity index is 1380. The van der Waals surface area contributed by atoms with E-state index in [2.05, 4.69) is 95.4 Å². The van der Waals surface area contributed by atoms with E-state index in [0.29, 0.717) is 19.6 Å². The zero-order chi connectivity index (χ0) is 28.4. The lowest BCUT2D eigenvalue weighted by molar-refractivity contribution is 0.00578. The van der Waals surface area contributed by atoms with Crippen molar-refractivity contribution in [1.29, 1.82) is 0 Å². The van der Waals surface area contributed by atoms with E-state index < -0.39 is 9.84 Å². The molecule has 0 radical (unpaired) electrons. The molecule has 1 fully saturated rings. The molecule has 39 heavy (non-hydrogen) atoms. The second kappa shape index (κ2) is 11.4. The second-order valence-electron chi connectivity index (χ2n) is 11.5. The molecule has 0 bridgehead atoms. The zero-order valence-electron chi connectivity index (χ0n) is 24.1. The molecule has 1 aliphatic heterocycles. The van der Waals surface area contributed by atoms with Crippen LogP contribution in [-0.2, 0) is 25.7 Å². The van der Waals surface area contributed by atoms with Crippen molar-refractivity contribution in [3.63, 3.8) is 0 Å². The predicted octanol–water partition coefficient (Wildman–Crippen LogP) is 5.70. The fraction of sp³-hybridized carbons (Fsp3) is 0.419. The molecule has 6 nitrogen and oxygen atoms in total. The van der Waals surface area contributed by atoms with E-state index in [1.165, 1.54) is 17.4 Å². The first-order valence-electron chi connectivity index (χ1n) is 13.4. The molecule has 1 N–H and O–H groups in total. The molecule has 4 rings (SSSR count). The van der Waals surface area contributed by atoms with Crippen LogP contribution in [0.2, 0.25) is 0 Å². The Labute approximate surface area is 234 Å². The average molecular weight is 550 g/mol. The van der Waals surface area contributed by atoms with Crippen molar-refractivity contribution >= 4 is 28.1 Å². The molecule has 0 spiro atoms. The van der Waals surface area contributed by atoms with Crippen molar-refractivity contribution < 1.29 is 22.5 Å². The fourth-order valence-electron chi connectivity index (χ4n) is 4.75. The Balaban J connectivity index is 1.39. The highest BCUT2D eigenvalue weighted by molar-refractivity contribution is 7.90. The molecule has 1 saturated heterocycles. The number of benzene rings is 3. The van der Waals surface area contributed by atoms with Crippen molar-refractivity contribution in [3.8, 4) is 16.9 Å². The van der Waals surface area contributed by atoms with E-state index in [9.17, 15) is 8.42 Å². The molecule has 8 heteroatoms. The first-order chi connectivity index (χ1) is 18.2. The van der Waals surface area contributed by atoms with Crippen LogP contribution >= 0.6 is 0 Å². The molecule has 0 saturated carbocycles. The largest absolute Gasteiger partial charge is 0.494 e. The summed E-state index contributed by atoms with van der Waals surface area (Å²) in [5.41, 5.74) is 7.10. The number of aryl methyl sites for hydroxylation is 2. The molecule has 0 unspecified atom stereocenters. The number of ether oxygens (including phenoxy) is 1. The van der Waals surface area contributed by atoms with E-state index in [-0.39, 0.29) is 24.1 Å². The van der Waals surface area contributed by atoms with Gasteiger partial charge in [0, 0.05) is 18.5 Å². The molecular weight excluding hydrogens is 509 g/mol. The summed E-state index contributed by atoms with van der Waals surface area (Å²) >= 11 is 0. The average Bonchev–Trinajstić information content (AvgIpc) is 3.07. The van der Waals surface area contributed by atoms with Crippen LogP contribution in [0.5, 0.6) is 5.75 Å². The molecule has 208 valence electrons. The molecule has 3 aromatic carbocycles. The van der Waals surface area contributed by atoms with Crippen LogP contribution in [0.3, 0.4) is 0 Å². The minimum absolute atomic E-state index is 0.133. The van der Waals surface area contributed by atoms with Gasteiger partial charge in [-0.15, -0.1) is 0 Å². The van der Waals surface area contributed by atoms with Crippen molar-refractivity contribution in [3.05, 3.63) is 77.4 Å². The highest BCUT2D eigenvalue weighted by atomic mass is 32.2. The number of rotatable bonds is 10. The van der Waals surface area contributed by atoms with Gasteiger partial charge in [-0.25, -0.2) is 8.42 Å². The van der Waals surface area contributed by atoms with E-state index in [1.54, 1.807) is 0 Å². The summed E-state index contributed by atoms with van der Waals surface area (Å²) in [5.74, 6) is 0.901. The maximum Gasteiger partial charge on any atom is 0.494 e. The Morgan fingerprint density at radius 2 is 1.51 bits per heavy atom. The van der Waals surface area contributed by atoms with Crippen molar-refractivity contribution in [1.82, 2.24) is 0 Å². The van der Waals surface area contributed by atoms with Gasteiger partial charge < -0.3 is 19.4 Å². The summed E-state index contributed by atoms with van der Waals surface area (Å²) in [4.78, 5) is 0. The van der Waals surface area contributed by atoms with E-state index in [1.807, 2.05) is 12.1 Å². The number of nitrogens with one attached hydrogen (secondary N) is 1. The van der Waals surface area contributed by atoms with Gasteiger partial charge in [0.25, 0.3) is 0 Å². The molecule has 1 heterocycles. The molecule has 0 amide bonds. The number of sulfone groups is 1. The van der Waals surface area contributed by atoms with Gasteiger partial charge in [-0.3, -0.25) is 0 Å². The Morgan fingerprint density at radius 1 is 0.897 bits per heavy atom. The van der Waals surface area contributed by atoms with Crippen molar-refractivity contribution in [2.24, 2.45) is 0 Å². The van der Waals surface area contributed by atoms with Gasteiger partial charge in [0.05, 0.1) is 23.6 Å². The van der Waals surface area contributed by atoms with Crippen molar-refractivity contribution in [2.45, 2.75) is 65.7 Å². The smallest absolute Gasteiger partial charge is 0.494 e. The lowest BCUT2D eigenvalue weighted by atomic mass is 9.79. The normalized spacial score (nSPS) is 16.3. The molecule has 1 aliphatic rings. The Hall–Kier alpha value is -2.81. The van der Waals surface area contributed by atoms with Gasteiger partial charge >= 0.3 is 7.12 Å². The summed E-state index contributed by atoms with van der Waals surface area (Å²) in [6.07, 6.45) is 1.73. The molecule has 0 aliphatic carbocycles. The van der Waals surface area contributed by atoms with Crippen LogP contribution in [0.15, 0.2) is 60.7 Å². The lowest BCUT2D eigenvalue weighted by Gasteiger charge is -2.32. The van der Waals surface area contributed by atoms with Crippen LogP contribution in [0, 0.1) is 13.8 Å². The number of anilines is 1. The maximum atomic E-state index is 11.3. The maximum absolute atomic E-state index is 11.3. The third-order valence-electron chi connectivity index (χ3n) is 7.58.